The van der Waals surface area contributed by atoms with Crippen LogP contribution in [0.2, 0.25) is 0 Å². The van der Waals surface area contributed by atoms with Gasteiger partial charge < -0.3 is 25.0 Å². The summed E-state index contributed by atoms with van der Waals surface area (Å²) >= 11 is 0. The summed E-state index contributed by atoms with van der Waals surface area (Å²) in [7, 11) is 0. The van der Waals surface area contributed by atoms with Crippen LogP contribution in [0, 0.1) is 0 Å². The van der Waals surface area contributed by atoms with Crippen molar-refractivity contribution >= 4 is 12.0 Å². The first-order valence-corrected chi connectivity index (χ1v) is 5.84. The summed E-state index contributed by atoms with van der Waals surface area (Å²) in [6.07, 6.45) is 3.18. The molecule has 0 saturated carbocycles. The zero-order valence-electron chi connectivity index (χ0n) is 10.5. The molecule has 0 bridgehead atoms. The Labute approximate surface area is 109 Å². The number of carbonyl (C=O) groups is 2. The Bertz CT molecular complexity index is 453. The number of hydrogen-bond acceptors (Lipinski definition) is 4. The van der Waals surface area contributed by atoms with E-state index in [2.05, 4.69) is 15.3 Å². The summed E-state index contributed by atoms with van der Waals surface area (Å²) in [6.45, 7) is 2.58. The standard InChI is InChI=1S/C11H16N4O4/c1-11(19-4-9(16)17)5-15(6-11)10(18)13-3-8-2-12-7-14-8/h2,7H,3-6H2,1H3,(H,12,14)(H,13,18)(H,16,17). The van der Waals surface area contributed by atoms with Gasteiger partial charge in [-0.3, -0.25) is 0 Å². The van der Waals surface area contributed by atoms with Crippen LogP contribution in [0.15, 0.2) is 12.5 Å². The maximum atomic E-state index is 11.8. The fourth-order valence-electron chi connectivity index (χ4n) is 1.90. The molecule has 1 aromatic heterocycles. The first-order chi connectivity index (χ1) is 8.98. The molecule has 0 spiro atoms. The highest BCUT2D eigenvalue weighted by molar-refractivity contribution is 5.75. The van der Waals surface area contributed by atoms with E-state index in [1.54, 1.807) is 24.3 Å². The van der Waals surface area contributed by atoms with Crippen LogP contribution in [0.3, 0.4) is 0 Å². The van der Waals surface area contributed by atoms with Gasteiger partial charge in [0.15, 0.2) is 0 Å². The number of rotatable bonds is 5. The SMILES string of the molecule is CC1(OCC(=O)O)CN(C(=O)NCc2cnc[nH]2)C1. The highest BCUT2D eigenvalue weighted by Crippen LogP contribution is 2.24. The van der Waals surface area contributed by atoms with Crippen molar-refractivity contribution in [1.29, 1.82) is 0 Å². The maximum Gasteiger partial charge on any atom is 0.329 e. The Morgan fingerprint density at radius 2 is 2.37 bits per heavy atom. The van der Waals surface area contributed by atoms with Crippen molar-refractivity contribution in [2.75, 3.05) is 19.7 Å². The van der Waals surface area contributed by atoms with Crippen LogP contribution in [0.5, 0.6) is 0 Å². The fourth-order valence-corrected chi connectivity index (χ4v) is 1.90. The zero-order chi connectivity index (χ0) is 13.9. The molecule has 2 heterocycles. The van der Waals surface area contributed by atoms with E-state index in [-0.39, 0.29) is 12.6 Å². The number of aromatic nitrogens is 2. The van der Waals surface area contributed by atoms with Gasteiger partial charge in [0.2, 0.25) is 0 Å². The molecule has 19 heavy (non-hydrogen) atoms. The summed E-state index contributed by atoms with van der Waals surface area (Å²) in [5, 5.41) is 11.3. The van der Waals surface area contributed by atoms with Gasteiger partial charge in [-0.05, 0) is 6.92 Å². The van der Waals surface area contributed by atoms with Crippen LogP contribution < -0.4 is 5.32 Å². The minimum absolute atomic E-state index is 0.203. The van der Waals surface area contributed by atoms with Gasteiger partial charge in [-0.2, -0.15) is 0 Å². The van der Waals surface area contributed by atoms with Crippen molar-refractivity contribution in [2.24, 2.45) is 0 Å². The van der Waals surface area contributed by atoms with Crippen molar-refractivity contribution in [3.8, 4) is 0 Å². The molecule has 0 unspecified atom stereocenters. The van der Waals surface area contributed by atoms with Crippen molar-refractivity contribution in [2.45, 2.75) is 19.1 Å². The smallest absolute Gasteiger partial charge is 0.329 e. The second-order valence-corrected chi connectivity index (χ2v) is 4.72. The Morgan fingerprint density at radius 3 is 2.95 bits per heavy atom. The molecule has 1 aliphatic rings. The van der Waals surface area contributed by atoms with E-state index >= 15 is 0 Å². The molecule has 1 fully saturated rings. The third-order valence-electron chi connectivity index (χ3n) is 2.87. The summed E-state index contributed by atoms with van der Waals surface area (Å²) in [5.41, 5.74) is 0.253. The first-order valence-electron chi connectivity index (χ1n) is 5.84. The number of ether oxygens (including phenoxy) is 1. The molecule has 8 heteroatoms. The number of hydrogen-bond donors (Lipinski definition) is 3. The number of H-pyrrole nitrogens is 1. The quantitative estimate of drug-likeness (QED) is 0.685. The Morgan fingerprint density at radius 1 is 1.63 bits per heavy atom. The number of imidazole rings is 1. The van der Waals surface area contributed by atoms with Crippen LogP contribution in [0.4, 0.5) is 4.79 Å². The lowest BCUT2D eigenvalue weighted by Gasteiger charge is -2.46. The lowest BCUT2D eigenvalue weighted by atomic mass is 9.97. The van der Waals surface area contributed by atoms with E-state index in [9.17, 15) is 9.59 Å². The monoisotopic (exact) mass is 268 g/mol. The van der Waals surface area contributed by atoms with Gasteiger partial charge in [-0.15, -0.1) is 0 Å². The van der Waals surface area contributed by atoms with Gasteiger partial charge in [-0.1, -0.05) is 0 Å². The third-order valence-corrected chi connectivity index (χ3v) is 2.87. The molecule has 8 nitrogen and oxygen atoms in total. The van der Waals surface area contributed by atoms with Crippen molar-refractivity contribution in [1.82, 2.24) is 20.2 Å². The number of amides is 2. The van der Waals surface area contributed by atoms with Crippen molar-refractivity contribution < 1.29 is 19.4 Å². The van der Waals surface area contributed by atoms with E-state index in [1.165, 1.54) is 0 Å². The minimum atomic E-state index is -1.01. The Balaban J connectivity index is 1.70. The van der Waals surface area contributed by atoms with Gasteiger partial charge in [0.1, 0.15) is 12.2 Å². The van der Waals surface area contributed by atoms with Gasteiger partial charge in [-0.25, -0.2) is 14.6 Å². The van der Waals surface area contributed by atoms with Crippen LogP contribution in [0.25, 0.3) is 0 Å². The lowest BCUT2D eigenvalue weighted by molar-refractivity contribution is -0.159. The van der Waals surface area contributed by atoms with Crippen LogP contribution in [-0.2, 0) is 16.1 Å². The van der Waals surface area contributed by atoms with E-state index < -0.39 is 11.6 Å². The molecule has 104 valence electrons. The van der Waals surface area contributed by atoms with E-state index in [0.29, 0.717) is 19.6 Å². The molecule has 1 aliphatic heterocycles. The molecule has 2 rings (SSSR count). The van der Waals surface area contributed by atoms with Crippen molar-refractivity contribution in [3.63, 3.8) is 0 Å². The molecule has 3 N–H and O–H groups in total. The number of aromatic amines is 1. The molecule has 1 aromatic rings. The Kier molecular flexibility index (Phi) is 3.70. The average Bonchev–Trinajstić information content (AvgIpc) is 2.83. The topological polar surface area (TPSA) is 108 Å². The normalized spacial score (nSPS) is 16.8. The molecule has 2 amide bonds. The zero-order valence-corrected chi connectivity index (χ0v) is 10.5. The highest BCUT2D eigenvalue weighted by Gasteiger charge is 2.42. The second kappa shape index (κ2) is 5.27. The van der Waals surface area contributed by atoms with Crippen LogP contribution in [-0.4, -0.2) is 57.3 Å². The Hall–Kier alpha value is -2.09. The van der Waals surface area contributed by atoms with Crippen LogP contribution >= 0.6 is 0 Å². The molecule has 0 aliphatic carbocycles. The van der Waals surface area contributed by atoms with Crippen LogP contribution in [0.1, 0.15) is 12.6 Å². The van der Waals surface area contributed by atoms with E-state index in [1.807, 2.05) is 0 Å². The largest absolute Gasteiger partial charge is 0.480 e. The highest BCUT2D eigenvalue weighted by atomic mass is 16.5. The fraction of sp³-hybridized carbons (Fsp3) is 0.545. The average molecular weight is 268 g/mol. The third kappa shape index (κ3) is 3.44. The van der Waals surface area contributed by atoms with Gasteiger partial charge >= 0.3 is 12.0 Å². The molecule has 0 atom stereocenters. The molecule has 0 radical (unpaired) electrons. The first kappa shape index (κ1) is 13.3. The lowest BCUT2D eigenvalue weighted by Crippen LogP contribution is -2.65. The number of likely N-dealkylation sites (tertiary alicyclic amines) is 1. The summed E-state index contributed by atoms with van der Waals surface area (Å²) in [6, 6.07) is -0.203. The summed E-state index contributed by atoms with van der Waals surface area (Å²) in [4.78, 5) is 30.5. The second-order valence-electron chi connectivity index (χ2n) is 4.72. The predicted octanol–water partition coefficient (Wildman–Crippen LogP) is -0.205. The van der Waals surface area contributed by atoms with Gasteiger partial charge in [0.05, 0.1) is 31.7 Å². The van der Waals surface area contributed by atoms with E-state index in [4.69, 9.17) is 9.84 Å². The molecule has 1 saturated heterocycles. The predicted molar refractivity (Wildman–Crippen MR) is 64.4 cm³/mol. The molecule has 0 aromatic carbocycles. The maximum absolute atomic E-state index is 11.8. The summed E-state index contributed by atoms with van der Waals surface area (Å²) < 4.78 is 5.22. The van der Waals surface area contributed by atoms with Gasteiger partial charge in [0, 0.05) is 6.20 Å². The molecular formula is C11H16N4O4. The number of nitrogens with one attached hydrogen (secondary N) is 2. The number of carbonyl (C=O) groups excluding carboxylic acids is 1. The summed E-state index contributed by atoms with van der Waals surface area (Å²) in [5.74, 6) is -1.01. The number of carboxylic acid groups (broad SMARTS) is 1. The molecular weight excluding hydrogens is 252 g/mol. The minimum Gasteiger partial charge on any atom is -0.480 e. The number of carboxylic acids is 1. The van der Waals surface area contributed by atoms with E-state index in [0.717, 1.165) is 5.69 Å². The number of aliphatic carboxylic acids is 1. The number of nitrogens with zero attached hydrogens (tertiary/aromatic N) is 2. The van der Waals surface area contributed by atoms with Gasteiger partial charge in [0.25, 0.3) is 0 Å². The van der Waals surface area contributed by atoms with Crippen molar-refractivity contribution in [3.05, 3.63) is 18.2 Å². The number of urea groups is 1.